The number of hydrogen-bond donors (Lipinski definition) is 1. The zero-order valence-electron chi connectivity index (χ0n) is 11.8. The molecule has 6 nitrogen and oxygen atoms in total. The molecular formula is C12H17ClN4O2S2. The van der Waals surface area contributed by atoms with Gasteiger partial charge < -0.3 is 0 Å². The Balaban J connectivity index is 1.97. The van der Waals surface area contributed by atoms with Crippen molar-refractivity contribution in [2.45, 2.75) is 50.2 Å². The van der Waals surface area contributed by atoms with E-state index in [2.05, 4.69) is 9.82 Å². The lowest BCUT2D eigenvalue weighted by Crippen LogP contribution is -2.54. The van der Waals surface area contributed by atoms with Crippen LogP contribution in [0.2, 0.25) is 5.15 Å². The van der Waals surface area contributed by atoms with Crippen molar-refractivity contribution in [3.05, 3.63) is 16.7 Å². The van der Waals surface area contributed by atoms with E-state index in [-0.39, 0.29) is 22.3 Å². The van der Waals surface area contributed by atoms with Crippen molar-refractivity contribution >= 4 is 37.9 Å². The maximum Gasteiger partial charge on any atom is 0.272 e. The molecule has 0 amide bonds. The highest BCUT2D eigenvalue weighted by atomic mass is 35.5. The topological polar surface area (TPSA) is 66.7 Å². The Hall–Kier alpha value is -0.670. The van der Waals surface area contributed by atoms with Crippen molar-refractivity contribution in [2.24, 2.45) is 0 Å². The van der Waals surface area contributed by atoms with E-state index in [9.17, 15) is 8.42 Å². The molecule has 1 aliphatic heterocycles. The summed E-state index contributed by atoms with van der Waals surface area (Å²) in [6.07, 6.45) is 4.72. The lowest BCUT2D eigenvalue weighted by molar-refractivity contribution is 0.0789. The second-order valence-corrected chi connectivity index (χ2v) is 8.20. The lowest BCUT2D eigenvalue weighted by atomic mass is 10.0. The van der Waals surface area contributed by atoms with Gasteiger partial charge in [0.1, 0.15) is 0 Å². The Bertz CT molecular complexity index is 744. The minimum Gasteiger partial charge on any atom is -0.279 e. The highest BCUT2D eigenvalue weighted by Gasteiger charge is 2.32. The number of nitrogens with zero attached hydrogens (tertiary/aromatic N) is 3. The maximum absolute atomic E-state index is 12.7. The number of thiazole rings is 1. The van der Waals surface area contributed by atoms with E-state index < -0.39 is 10.0 Å². The van der Waals surface area contributed by atoms with E-state index in [4.69, 9.17) is 11.6 Å². The van der Waals surface area contributed by atoms with E-state index >= 15 is 0 Å². The van der Waals surface area contributed by atoms with Crippen LogP contribution < -0.4 is 4.83 Å². The number of imidazole rings is 1. The Labute approximate surface area is 132 Å². The lowest BCUT2D eigenvalue weighted by Gasteiger charge is -2.38. The van der Waals surface area contributed by atoms with Crippen LogP contribution in [0.3, 0.4) is 0 Å². The fourth-order valence-corrected chi connectivity index (χ4v) is 5.46. The van der Waals surface area contributed by atoms with Crippen LogP contribution >= 0.6 is 22.9 Å². The van der Waals surface area contributed by atoms with Gasteiger partial charge in [0.25, 0.3) is 10.0 Å². The molecule has 2 unspecified atom stereocenters. The second-order valence-electron chi connectivity index (χ2n) is 5.39. The normalized spacial score (nSPS) is 24.7. The number of fused-ring (bicyclic) bond motifs is 1. The molecule has 0 radical (unpaired) electrons. The van der Waals surface area contributed by atoms with Gasteiger partial charge in [-0.25, -0.2) is 18.4 Å². The van der Waals surface area contributed by atoms with Gasteiger partial charge in [-0.05, 0) is 26.7 Å². The van der Waals surface area contributed by atoms with Gasteiger partial charge in [0.15, 0.2) is 15.1 Å². The first-order valence-electron chi connectivity index (χ1n) is 6.82. The molecular weight excluding hydrogens is 332 g/mol. The molecule has 2 aromatic rings. The summed E-state index contributed by atoms with van der Waals surface area (Å²) in [6, 6.07) is 0.321. The predicted molar refractivity (Wildman–Crippen MR) is 83.0 cm³/mol. The second kappa shape index (κ2) is 5.51. The van der Waals surface area contributed by atoms with Gasteiger partial charge in [0, 0.05) is 23.7 Å². The smallest absolute Gasteiger partial charge is 0.272 e. The molecule has 3 heterocycles. The molecule has 1 saturated heterocycles. The van der Waals surface area contributed by atoms with E-state index in [0.29, 0.717) is 4.96 Å². The highest BCUT2D eigenvalue weighted by molar-refractivity contribution is 7.89. The van der Waals surface area contributed by atoms with E-state index in [1.54, 1.807) is 16.6 Å². The van der Waals surface area contributed by atoms with Crippen LogP contribution in [0.4, 0.5) is 0 Å². The fourth-order valence-electron chi connectivity index (χ4n) is 2.76. The zero-order valence-corrected chi connectivity index (χ0v) is 14.2. The Kier molecular flexibility index (Phi) is 4.00. The van der Waals surface area contributed by atoms with Crippen molar-refractivity contribution in [1.29, 1.82) is 0 Å². The molecule has 2 aromatic heterocycles. The highest BCUT2D eigenvalue weighted by Crippen LogP contribution is 2.27. The number of halogens is 1. The molecule has 0 bridgehead atoms. The molecule has 1 aliphatic rings. The van der Waals surface area contributed by atoms with Crippen LogP contribution in [-0.4, -0.2) is 34.9 Å². The molecule has 1 N–H and O–H groups in total. The summed E-state index contributed by atoms with van der Waals surface area (Å²) in [5, 5.41) is 3.60. The Morgan fingerprint density at radius 2 is 2.05 bits per heavy atom. The number of hydrazine groups is 1. The molecule has 21 heavy (non-hydrogen) atoms. The van der Waals surface area contributed by atoms with Crippen LogP contribution in [0.1, 0.15) is 33.1 Å². The third-order valence-corrected chi connectivity index (χ3v) is 6.33. The van der Waals surface area contributed by atoms with Gasteiger partial charge in [-0.15, -0.1) is 16.2 Å². The number of sulfonamides is 1. The summed E-state index contributed by atoms with van der Waals surface area (Å²) in [5.41, 5.74) is 0. The third-order valence-electron chi connectivity index (χ3n) is 3.85. The number of hydrogen-bond acceptors (Lipinski definition) is 5. The van der Waals surface area contributed by atoms with Gasteiger partial charge in [-0.3, -0.25) is 4.40 Å². The average molecular weight is 349 g/mol. The number of aromatic nitrogens is 2. The quantitative estimate of drug-likeness (QED) is 0.925. The third kappa shape index (κ3) is 2.70. The molecule has 116 valence electrons. The van der Waals surface area contributed by atoms with Gasteiger partial charge >= 0.3 is 0 Å². The summed E-state index contributed by atoms with van der Waals surface area (Å²) in [5.74, 6) is 0. The summed E-state index contributed by atoms with van der Waals surface area (Å²) >= 11 is 7.37. The molecule has 3 rings (SSSR count). The monoisotopic (exact) mass is 348 g/mol. The molecule has 0 spiro atoms. The molecule has 0 saturated carbocycles. The first-order valence-corrected chi connectivity index (χ1v) is 9.56. The van der Waals surface area contributed by atoms with Crippen molar-refractivity contribution in [2.75, 3.05) is 0 Å². The molecule has 1 fully saturated rings. The van der Waals surface area contributed by atoms with E-state index in [1.807, 2.05) is 13.8 Å². The van der Waals surface area contributed by atoms with Crippen LogP contribution in [-0.2, 0) is 10.0 Å². The zero-order chi connectivity index (χ0) is 15.2. The summed E-state index contributed by atoms with van der Waals surface area (Å²) in [4.78, 5) is 7.33. The Morgan fingerprint density at radius 3 is 2.71 bits per heavy atom. The summed E-state index contributed by atoms with van der Waals surface area (Å²) in [7, 11) is -3.76. The first-order chi connectivity index (χ1) is 9.90. The van der Waals surface area contributed by atoms with Crippen molar-refractivity contribution in [1.82, 2.24) is 19.2 Å². The van der Waals surface area contributed by atoms with Crippen molar-refractivity contribution < 1.29 is 8.42 Å². The van der Waals surface area contributed by atoms with Gasteiger partial charge in [-0.1, -0.05) is 18.0 Å². The molecule has 9 heteroatoms. The number of nitrogens with one attached hydrogen (secondary N) is 1. The largest absolute Gasteiger partial charge is 0.279 e. The predicted octanol–water partition coefficient (Wildman–Crippen LogP) is 2.51. The molecule has 0 aromatic carbocycles. The van der Waals surface area contributed by atoms with Crippen LogP contribution in [0, 0.1) is 0 Å². The minimum absolute atomic E-state index is 0.00499. The van der Waals surface area contributed by atoms with Crippen molar-refractivity contribution in [3.8, 4) is 0 Å². The summed E-state index contributed by atoms with van der Waals surface area (Å²) < 4.78 is 26.9. The molecule has 0 aliphatic carbocycles. The van der Waals surface area contributed by atoms with Crippen LogP contribution in [0.15, 0.2) is 16.6 Å². The number of piperidine rings is 1. The summed E-state index contributed by atoms with van der Waals surface area (Å²) in [6.45, 7) is 4.05. The fraction of sp³-hybridized carbons (Fsp3) is 0.583. The van der Waals surface area contributed by atoms with Gasteiger partial charge in [0.05, 0.1) is 0 Å². The van der Waals surface area contributed by atoms with Gasteiger partial charge in [0.2, 0.25) is 0 Å². The standard InChI is InChI=1S/C12H17ClN4O2S2/c1-8-4-3-5-9(2)17(8)15-21(18,19)11-10(13)14-12-16(11)6-7-20-12/h6-9,15H,3-5H2,1-2H3. The van der Waals surface area contributed by atoms with Crippen molar-refractivity contribution in [3.63, 3.8) is 0 Å². The SMILES string of the molecule is CC1CCCC(C)N1NS(=O)(=O)c1c(Cl)nc2sccn12. The van der Waals surface area contributed by atoms with Crippen LogP contribution in [0.25, 0.3) is 4.96 Å². The molecule has 2 atom stereocenters. The Morgan fingerprint density at radius 1 is 1.38 bits per heavy atom. The maximum atomic E-state index is 12.7. The minimum atomic E-state index is -3.76. The van der Waals surface area contributed by atoms with E-state index in [0.717, 1.165) is 19.3 Å². The number of rotatable bonds is 3. The van der Waals surface area contributed by atoms with E-state index in [1.165, 1.54) is 15.7 Å². The van der Waals surface area contributed by atoms with Gasteiger partial charge in [-0.2, -0.15) is 0 Å². The first kappa shape index (κ1) is 15.2. The average Bonchev–Trinajstić information content (AvgIpc) is 2.93. The van der Waals surface area contributed by atoms with Crippen LogP contribution in [0.5, 0.6) is 0 Å².